The van der Waals surface area contributed by atoms with Gasteiger partial charge in [-0.3, -0.25) is 5.73 Å². The first-order valence-corrected chi connectivity index (χ1v) is 3.61. The lowest BCUT2D eigenvalue weighted by Gasteiger charge is -2.12. The smallest absolute Gasteiger partial charge is 0.189 e. The second-order valence-corrected chi connectivity index (χ2v) is 2.41. The highest BCUT2D eigenvalue weighted by Crippen LogP contribution is 2.15. The van der Waals surface area contributed by atoms with Gasteiger partial charge in [0, 0.05) is 6.42 Å². The Morgan fingerprint density at radius 2 is 2.10 bits per heavy atom. The molecule has 1 aliphatic heterocycles. The summed E-state index contributed by atoms with van der Waals surface area (Å²) < 4.78 is 0. The second kappa shape index (κ2) is 3.56. The molecule has 0 amide bonds. The van der Waals surface area contributed by atoms with Gasteiger partial charge in [-0.15, -0.1) is 0 Å². The predicted octanol–water partition coefficient (Wildman–Crippen LogP) is 1.48. The molecule has 1 aliphatic rings. The van der Waals surface area contributed by atoms with E-state index in [9.17, 15) is 0 Å². The van der Waals surface area contributed by atoms with Crippen LogP contribution in [0.2, 0.25) is 0 Å². The monoisotopic (exact) mass is 144 g/mol. The topological polar surface area (TPSA) is 47.6 Å². The van der Waals surface area contributed by atoms with Crippen LogP contribution in [0.1, 0.15) is 34.1 Å². The molecule has 1 atom stereocenters. The molecule has 1 unspecified atom stereocenters. The zero-order chi connectivity index (χ0) is 8.20. The van der Waals surface area contributed by atoms with E-state index in [1.165, 1.54) is 0 Å². The van der Waals surface area contributed by atoms with Gasteiger partial charge in [-0.25, -0.2) is 0 Å². The summed E-state index contributed by atoms with van der Waals surface area (Å²) in [7, 11) is 0. The summed E-state index contributed by atoms with van der Waals surface area (Å²) in [6, 6.07) is 0. The van der Waals surface area contributed by atoms with Crippen LogP contribution >= 0.6 is 0 Å². The lowest BCUT2D eigenvalue weighted by molar-refractivity contribution is 0.00205. The van der Waals surface area contributed by atoms with E-state index in [0.29, 0.717) is 0 Å². The molecule has 0 radical (unpaired) electrons. The molecule has 60 valence electrons. The fourth-order valence-electron chi connectivity index (χ4n) is 0.755. The first-order chi connectivity index (χ1) is 4.60. The van der Waals surface area contributed by atoms with Crippen LogP contribution in [0.4, 0.5) is 0 Å². The third-order valence-corrected chi connectivity index (χ3v) is 1.02. The maximum Gasteiger partial charge on any atom is 0.189 e. The van der Waals surface area contributed by atoms with Crippen molar-refractivity contribution in [2.75, 3.05) is 0 Å². The Bertz CT molecular complexity index is 130. The summed E-state index contributed by atoms with van der Waals surface area (Å²) in [5.74, 6) is 0. The fourth-order valence-corrected chi connectivity index (χ4v) is 0.755. The lowest BCUT2D eigenvalue weighted by Crippen LogP contribution is -2.35. The molecule has 0 fully saturated rings. The largest absolute Gasteiger partial charge is 0.374 e. The minimum atomic E-state index is -0.538. The van der Waals surface area contributed by atoms with Crippen molar-refractivity contribution in [3.8, 4) is 0 Å². The highest BCUT2D eigenvalue weighted by atomic mass is 16.7. The Labute approximate surface area is 62.2 Å². The molecule has 0 saturated carbocycles. The van der Waals surface area contributed by atoms with Gasteiger partial charge >= 0.3 is 0 Å². The maximum atomic E-state index is 5.53. The van der Waals surface area contributed by atoms with E-state index >= 15 is 0 Å². The van der Waals surface area contributed by atoms with E-state index < -0.39 is 5.72 Å². The first-order valence-electron chi connectivity index (χ1n) is 3.61. The van der Waals surface area contributed by atoms with Crippen molar-refractivity contribution in [2.45, 2.75) is 39.8 Å². The second-order valence-electron chi connectivity index (χ2n) is 2.41. The highest BCUT2D eigenvalue weighted by Gasteiger charge is 2.26. The molecule has 0 aromatic carbocycles. The Morgan fingerprint density at radius 3 is 2.20 bits per heavy atom. The average Bonchev–Trinajstić information content (AvgIpc) is 2.15. The SMILES string of the molecule is CC.CC1=NOC(C)(N)C1. The van der Waals surface area contributed by atoms with Gasteiger partial charge in [-0.05, 0) is 13.8 Å². The summed E-state index contributed by atoms with van der Waals surface area (Å²) in [5, 5.41) is 3.68. The van der Waals surface area contributed by atoms with Crippen molar-refractivity contribution in [3.05, 3.63) is 0 Å². The summed E-state index contributed by atoms with van der Waals surface area (Å²) >= 11 is 0. The fraction of sp³-hybridized carbons (Fsp3) is 0.857. The van der Waals surface area contributed by atoms with Crippen LogP contribution in [0.25, 0.3) is 0 Å². The molecule has 10 heavy (non-hydrogen) atoms. The first kappa shape index (κ1) is 9.43. The lowest BCUT2D eigenvalue weighted by atomic mass is 10.1. The molecular formula is C7H16N2O. The van der Waals surface area contributed by atoms with Gasteiger partial charge < -0.3 is 4.84 Å². The van der Waals surface area contributed by atoms with E-state index in [1.807, 2.05) is 27.7 Å². The van der Waals surface area contributed by atoms with Crippen LogP contribution in [-0.2, 0) is 4.84 Å². The van der Waals surface area contributed by atoms with Crippen LogP contribution in [0.5, 0.6) is 0 Å². The summed E-state index contributed by atoms with van der Waals surface area (Å²) in [5.41, 5.74) is 5.96. The van der Waals surface area contributed by atoms with Gasteiger partial charge in [-0.1, -0.05) is 19.0 Å². The van der Waals surface area contributed by atoms with E-state index in [1.54, 1.807) is 0 Å². The van der Waals surface area contributed by atoms with Crippen LogP contribution in [0, 0.1) is 0 Å². The van der Waals surface area contributed by atoms with E-state index in [-0.39, 0.29) is 0 Å². The van der Waals surface area contributed by atoms with Gasteiger partial charge in [0.15, 0.2) is 5.72 Å². The van der Waals surface area contributed by atoms with Crippen molar-refractivity contribution >= 4 is 5.71 Å². The van der Waals surface area contributed by atoms with Crippen LogP contribution in [-0.4, -0.2) is 11.4 Å². The number of oxime groups is 1. The minimum absolute atomic E-state index is 0.538. The molecular weight excluding hydrogens is 128 g/mol. The molecule has 3 heteroatoms. The third-order valence-electron chi connectivity index (χ3n) is 1.02. The molecule has 0 aromatic heterocycles. The van der Waals surface area contributed by atoms with Crippen molar-refractivity contribution < 1.29 is 4.84 Å². The Hall–Kier alpha value is -0.570. The predicted molar refractivity (Wildman–Crippen MR) is 42.8 cm³/mol. The number of nitrogens with two attached hydrogens (primary N) is 1. The quantitative estimate of drug-likeness (QED) is 0.559. The molecule has 1 rings (SSSR count). The van der Waals surface area contributed by atoms with Crippen LogP contribution in [0.3, 0.4) is 0 Å². The van der Waals surface area contributed by atoms with Crippen molar-refractivity contribution in [3.63, 3.8) is 0 Å². The van der Waals surface area contributed by atoms with Crippen molar-refractivity contribution in [2.24, 2.45) is 10.9 Å². The zero-order valence-electron chi connectivity index (χ0n) is 7.14. The van der Waals surface area contributed by atoms with E-state index in [2.05, 4.69) is 5.16 Å². The summed E-state index contributed by atoms with van der Waals surface area (Å²) in [4.78, 5) is 4.82. The van der Waals surface area contributed by atoms with Gasteiger partial charge in [0.05, 0.1) is 5.71 Å². The normalized spacial score (nSPS) is 29.9. The number of hydrogen-bond acceptors (Lipinski definition) is 3. The summed E-state index contributed by atoms with van der Waals surface area (Å²) in [6.45, 7) is 7.71. The zero-order valence-corrected chi connectivity index (χ0v) is 7.14. The van der Waals surface area contributed by atoms with Gasteiger partial charge in [-0.2, -0.15) is 0 Å². The molecule has 3 nitrogen and oxygen atoms in total. The van der Waals surface area contributed by atoms with Gasteiger partial charge in [0.1, 0.15) is 0 Å². The molecule has 0 spiro atoms. The van der Waals surface area contributed by atoms with Crippen molar-refractivity contribution in [1.29, 1.82) is 0 Å². The Kier molecular flexibility index (Phi) is 3.36. The minimum Gasteiger partial charge on any atom is -0.374 e. The average molecular weight is 144 g/mol. The molecule has 0 aromatic rings. The third kappa shape index (κ3) is 2.82. The molecule has 1 heterocycles. The highest BCUT2D eigenvalue weighted by molar-refractivity contribution is 5.83. The number of hydrogen-bond donors (Lipinski definition) is 1. The van der Waals surface area contributed by atoms with E-state index in [4.69, 9.17) is 10.6 Å². The van der Waals surface area contributed by atoms with Crippen LogP contribution < -0.4 is 5.73 Å². The standard InChI is InChI=1S/C5H10N2O.C2H6/c1-4-3-5(2,6)8-7-4;1-2/h3,6H2,1-2H3;1-2H3. The van der Waals surface area contributed by atoms with E-state index in [0.717, 1.165) is 12.1 Å². The van der Waals surface area contributed by atoms with Gasteiger partial charge in [0.25, 0.3) is 0 Å². The maximum absolute atomic E-state index is 5.53. The summed E-state index contributed by atoms with van der Waals surface area (Å²) in [6.07, 6.45) is 0.743. The Balaban J connectivity index is 0.000000371. The van der Waals surface area contributed by atoms with Crippen molar-refractivity contribution in [1.82, 2.24) is 0 Å². The Morgan fingerprint density at radius 1 is 1.60 bits per heavy atom. The molecule has 0 aliphatic carbocycles. The van der Waals surface area contributed by atoms with Gasteiger partial charge in [0.2, 0.25) is 0 Å². The molecule has 0 bridgehead atoms. The van der Waals surface area contributed by atoms with Crippen LogP contribution in [0.15, 0.2) is 5.16 Å². The molecule has 2 N–H and O–H groups in total. The number of rotatable bonds is 0. The molecule has 0 saturated heterocycles. The number of nitrogens with zero attached hydrogens (tertiary/aromatic N) is 1.